The zero-order valence-electron chi connectivity index (χ0n) is 13.0. The van der Waals surface area contributed by atoms with E-state index < -0.39 is 10.0 Å². The number of hydrogen-bond acceptors (Lipinski definition) is 4. The summed E-state index contributed by atoms with van der Waals surface area (Å²) in [5, 5.41) is 2.08. The quantitative estimate of drug-likeness (QED) is 0.641. The van der Waals surface area contributed by atoms with Crippen LogP contribution in [0.2, 0.25) is 0 Å². The van der Waals surface area contributed by atoms with E-state index in [0.29, 0.717) is 22.5 Å². The smallest absolute Gasteiger partial charge is 0.244 e. The fourth-order valence-electron chi connectivity index (χ4n) is 2.78. The lowest BCUT2D eigenvalue weighted by atomic mass is 10.3. The third-order valence-electron chi connectivity index (χ3n) is 4.02. The van der Waals surface area contributed by atoms with Gasteiger partial charge in [-0.2, -0.15) is 4.31 Å². The minimum atomic E-state index is -3.49. The highest BCUT2D eigenvalue weighted by Gasteiger charge is 2.28. The van der Waals surface area contributed by atoms with E-state index in [1.807, 2.05) is 6.07 Å². The van der Waals surface area contributed by atoms with Crippen LogP contribution in [0.5, 0.6) is 0 Å². The summed E-state index contributed by atoms with van der Waals surface area (Å²) in [6.07, 6.45) is 0.843. The summed E-state index contributed by atoms with van der Waals surface area (Å²) < 4.78 is 29.0. The summed E-state index contributed by atoms with van der Waals surface area (Å²) in [7, 11) is -3.49. The van der Waals surface area contributed by atoms with Crippen molar-refractivity contribution in [2.24, 2.45) is 0 Å². The molecule has 8 heteroatoms. The predicted molar refractivity (Wildman–Crippen MR) is 105 cm³/mol. The van der Waals surface area contributed by atoms with E-state index in [4.69, 9.17) is 0 Å². The molecule has 3 rings (SSSR count). The van der Waals surface area contributed by atoms with Crippen LogP contribution in [-0.2, 0) is 16.6 Å². The van der Waals surface area contributed by atoms with E-state index >= 15 is 0 Å². The number of sulfonamides is 1. The Morgan fingerprint density at radius 3 is 2.67 bits per heavy atom. The first-order valence-corrected chi connectivity index (χ1v) is 11.6. The van der Waals surface area contributed by atoms with Crippen molar-refractivity contribution in [2.75, 3.05) is 26.2 Å². The van der Waals surface area contributed by atoms with Crippen molar-refractivity contribution in [3.8, 4) is 0 Å². The molecule has 0 amide bonds. The fraction of sp³-hybridized carbons (Fsp3) is 0.375. The summed E-state index contributed by atoms with van der Waals surface area (Å²) in [6, 6.07) is 9.43. The van der Waals surface area contributed by atoms with Gasteiger partial charge in [0.15, 0.2) is 0 Å². The minimum Gasteiger partial charge on any atom is -0.297 e. The van der Waals surface area contributed by atoms with Crippen molar-refractivity contribution in [1.29, 1.82) is 0 Å². The fourth-order valence-corrected chi connectivity index (χ4v) is 6.46. The van der Waals surface area contributed by atoms with Crippen molar-refractivity contribution in [3.63, 3.8) is 0 Å². The van der Waals surface area contributed by atoms with Gasteiger partial charge in [-0.3, -0.25) is 4.90 Å². The molecular formula is C16H18Br2N2O2S2. The molecule has 1 aromatic carbocycles. The summed E-state index contributed by atoms with van der Waals surface area (Å²) in [5.74, 6) is 0. The monoisotopic (exact) mass is 492 g/mol. The maximum Gasteiger partial charge on any atom is 0.244 e. The molecule has 0 radical (unpaired) electrons. The Hall–Kier alpha value is -0.250. The average Bonchev–Trinajstić information content (AvgIpc) is 2.93. The van der Waals surface area contributed by atoms with E-state index in [0.717, 1.165) is 30.5 Å². The van der Waals surface area contributed by atoms with E-state index in [9.17, 15) is 8.42 Å². The number of halogens is 2. The van der Waals surface area contributed by atoms with Gasteiger partial charge in [0.2, 0.25) is 10.0 Å². The number of rotatable bonds is 4. The second-order valence-electron chi connectivity index (χ2n) is 5.69. The van der Waals surface area contributed by atoms with Gasteiger partial charge < -0.3 is 0 Å². The Morgan fingerprint density at radius 2 is 1.92 bits per heavy atom. The van der Waals surface area contributed by atoms with Crippen LogP contribution in [0.3, 0.4) is 0 Å². The Kier molecular flexibility index (Phi) is 6.16. The van der Waals surface area contributed by atoms with Crippen molar-refractivity contribution in [3.05, 3.63) is 49.5 Å². The molecule has 4 nitrogen and oxygen atoms in total. The molecule has 130 valence electrons. The number of nitrogens with zero attached hydrogens (tertiary/aromatic N) is 2. The van der Waals surface area contributed by atoms with Crippen LogP contribution >= 0.6 is 43.2 Å². The van der Waals surface area contributed by atoms with Crippen LogP contribution in [0.1, 0.15) is 11.3 Å². The molecule has 2 aromatic rings. The Balaban J connectivity index is 1.74. The molecule has 1 aliphatic rings. The third kappa shape index (κ3) is 4.28. The second kappa shape index (κ2) is 7.97. The van der Waals surface area contributed by atoms with Crippen LogP contribution in [0.15, 0.2) is 49.6 Å². The van der Waals surface area contributed by atoms with Crippen molar-refractivity contribution >= 4 is 53.2 Å². The van der Waals surface area contributed by atoms with Crippen molar-refractivity contribution < 1.29 is 8.42 Å². The maximum atomic E-state index is 13.0. The van der Waals surface area contributed by atoms with Crippen molar-refractivity contribution in [2.45, 2.75) is 17.9 Å². The number of hydrogen-bond donors (Lipinski definition) is 0. The van der Waals surface area contributed by atoms with Crippen LogP contribution in [0.4, 0.5) is 0 Å². The van der Waals surface area contributed by atoms with E-state index in [1.54, 1.807) is 27.8 Å². The molecule has 0 aliphatic carbocycles. The molecule has 0 bridgehead atoms. The molecule has 1 saturated heterocycles. The molecule has 1 aliphatic heterocycles. The van der Waals surface area contributed by atoms with Crippen molar-refractivity contribution in [1.82, 2.24) is 9.21 Å². The first-order chi connectivity index (χ1) is 11.5. The van der Waals surface area contributed by atoms with Crippen LogP contribution in [0.25, 0.3) is 0 Å². The summed E-state index contributed by atoms with van der Waals surface area (Å²) in [4.78, 5) is 3.97. The van der Waals surface area contributed by atoms with Gasteiger partial charge in [0.1, 0.15) is 0 Å². The van der Waals surface area contributed by atoms with Gasteiger partial charge in [-0.05, 0) is 58.5 Å². The molecule has 0 spiro atoms. The molecule has 24 heavy (non-hydrogen) atoms. The molecule has 1 aromatic heterocycles. The van der Waals surface area contributed by atoms with Gasteiger partial charge >= 0.3 is 0 Å². The van der Waals surface area contributed by atoms with Gasteiger partial charge in [-0.15, -0.1) is 11.3 Å². The SMILES string of the molecule is O=S(=O)(c1cc(Br)ccc1Br)N1CCCN(Cc2cccs2)CC1. The lowest BCUT2D eigenvalue weighted by Crippen LogP contribution is -2.35. The van der Waals surface area contributed by atoms with E-state index in [1.165, 1.54) is 4.88 Å². The Bertz CT molecular complexity index is 794. The highest BCUT2D eigenvalue weighted by atomic mass is 79.9. The zero-order valence-corrected chi connectivity index (χ0v) is 17.8. The third-order valence-corrected chi connectivity index (χ3v) is 8.27. The lowest BCUT2D eigenvalue weighted by molar-refractivity contribution is 0.281. The van der Waals surface area contributed by atoms with Crippen LogP contribution < -0.4 is 0 Å². The largest absolute Gasteiger partial charge is 0.297 e. The predicted octanol–water partition coefficient (Wildman–Crippen LogP) is 4.17. The lowest BCUT2D eigenvalue weighted by Gasteiger charge is -2.22. The number of benzene rings is 1. The summed E-state index contributed by atoms with van der Waals surface area (Å²) >= 11 is 8.47. The van der Waals surface area contributed by atoms with Gasteiger partial charge in [0.05, 0.1) is 4.90 Å². The Labute approximate surface area is 163 Å². The number of thiophene rings is 1. The topological polar surface area (TPSA) is 40.6 Å². The molecule has 0 unspecified atom stereocenters. The highest BCUT2D eigenvalue weighted by Crippen LogP contribution is 2.29. The van der Waals surface area contributed by atoms with Gasteiger partial charge in [0.25, 0.3) is 0 Å². The van der Waals surface area contributed by atoms with Crippen LogP contribution in [0, 0.1) is 0 Å². The summed E-state index contributed by atoms with van der Waals surface area (Å²) in [5.41, 5.74) is 0. The van der Waals surface area contributed by atoms with E-state index in [2.05, 4.69) is 54.3 Å². The van der Waals surface area contributed by atoms with Crippen LogP contribution in [-0.4, -0.2) is 43.8 Å². The standard InChI is InChI=1S/C16H18Br2N2O2S2/c17-13-4-5-15(18)16(11-13)24(21,22)20-7-2-6-19(8-9-20)12-14-3-1-10-23-14/h1,3-5,10-11H,2,6-9,12H2. The Morgan fingerprint density at radius 1 is 1.08 bits per heavy atom. The first-order valence-electron chi connectivity index (χ1n) is 7.67. The molecule has 0 atom stereocenters. The normalized spacial score (nSPS) is 17.8. The average molecular weight is 494 g/mol. The highest BCUT2D eigenvalue weighted by molar-refractivity contribution is 9.11. The first kappa shape index (κ1) is 18.5. The maximum absolute atomic E-state index is 13.0. The summed E-state index contributed by atoms with van der Waals surface area (Å²) in [6.45, 7) is 3.65. The molecule has 1 fully saturated rings. The van der Waals surface area contributed by atoms with Gasteiger partial charge in [0, 0.05) is 40.0 Å². The van der Waals surface area contributed by atoms with Gasteiger partial charge in [-0.1, -0.05) is 22.0 Å². The van der Waals surface area contributed by atoms with E-state index in [-0.39, 0.29) is 0 Å². The zero-order chi connectivity index (χ0) is 17.2. The molecular weight excluding hydrogens is 476 g/mol. The molecule has 2 heterocycles. The minimum absolute atomic E-state index is 0.323. The second-order valence-corrected chi connectivity index (χ2v) is 10.4. The van der Waals surface area contributed by atoms with Gasteiger partial charge in [-0.25, -0.2) is 8.42 Å². The molecule has 0 N–H and O–H groups in total. The molecule has 0 saturated carbocycles.